The maximum atomic E-state index is 12.5. The number of pyridine rings is 1. The largest absolute Gasteiger partial charge is 0.322 e. The van der Waals surface area contributed by atoms with Crippen LogP contribution >= 0.6 is 0 Å². The van der Waals surface area contributed by atoms with Gasteiger partial charge in [-0.1, -0.05) is 61.2 Å². The number of hydrogen-bond donors (Lipinski definition) is 1. The second kappa shape index (κ2) is 8.08. The van der Waals surface area contributed by atoms with Gasteiger partial charge in [-0.15, -0.1) is 0 Å². The fourth-order valence-electron chi connectivity index (χ4n) is 2.59. The lowest BCUT2D eigenvalue weighted by molar-refractivity contribution is -0.112. The Morgan fingerprint density at radius 3 is 2.62 bits per heavy atom. The zero-order valence-corrected chi connectivity index (χ0v) is 14.6. The van der Waals surface area contributed by atoms with Gasteiger partial charge in [0.1, 0.15) is 0 Å². The molecule has 1 heterocycles. The molecule has 3 rings (SSSR count). The Bertz CT molecular complexity index is 1000. The summed E-state index contributed by atoms with van der Waals surface area (Å²) in [5.41, 5.74) is 4.02. The minimum absolute atomic E-state index is 0.167. The van der Waals surface area contributed by atoms with Crippen molar-refractivity contribution < 1.29 is 4.79 Å². The first-order chi connectivity index (χ1) is 12.7. The number of aromatic nitrogens is 1. The summed E-state index contributed by atoms with van der Waals surface area (Å²) in [6.45, 7) is 5.89. The van der Waals surface area contributed by atoms with Crippen LogP contribution in [0, 0.1) is 0 Å². The van der Waals surface area contributed by atoms with Crippen LogP contribution in [0.4, 0.5) is 5.69 Å². The Labute approximate surface area is 153 Å². The van der Waals surface area contributed by atoms with Crippen LogP contribution in [0.5, 0.6) is 0 Å². The molecule has 0 spiro atoms. The van der Waals surface area contributed by atoms with Gasteiger partial charge in [-0.2, -0.15) is 0 Å². The third-order valence-electron chi connectivity index (χ3n) is 4.05. The Morgan fingerprint density at radius 2 is 1.85 bits per heavy atom. The molecule has 26 heavy (non-hydrogen) atoms. The normalized spacial score (nSPS) is 11.7. The van der Waals surface area contributed by atoms with E-state index in [1.165, 1.54) is 0 Å². The van der Waals surface area contributed by atoms with Gasteiger partial charge in [0.25, 0.3) is 5.91 Å². The van der Waals surface area contributed by atoms with Crippen molar-refractivity contribution in [1.29, 1.82) is 0 Å². The molecule has 0 atom stereocenters. The minimum Gasteiger partial charge on any atom is -0.322 e. The molecule has 128 valence electrons. The molecule has 0 saturated carbocycles. The number of hydrogen-bond acceptors (Lipinski definition) is 2. The number of nitrogens with zero attached hydrogens (tertiary/aromatic N) is 1. The fourth-order valence-corrected chi connectivity index (χ4v) is 2.59. The summed E-state index contributed by atoms with van der Waals surface area (Å²) in [7, 11) is 0. The number of carbonyl (C=O) groups is 1. The highest BCUT2D eigenvalue weighted by atomic mass is 16.1. The zero-order valence-electron chi connectivity index (χ0n) is 14.6. The average Bonchev–Trinajstić information content (AvgIpc) is 2.69. The maximum absolute atomic E-state index is 12.5. The number of fused-ring (bicyclic) bond motifs is 1. The van der Waals surface area contributed by atoms with Crippen LogP contribution in [-0.4, -0.2) is 10.9 Å². The number of benzene rings is 2. The van der Waals surface area contributed by atoms with Crippen molar-refractivity contribution >= 4 is 28.1 Å². The molecule has 0 radical (unpaired) electrons. The van der Waals surface area contributed by atoms with E-state index in [9.17, 15) is 4.79 Å². The van der Waals surface area contributed by atoms with Crippen LogP contribution < -0.4 is 5.32 Å². The number of carbonyl (C=O) groups excluding carboxylic acids is 1. The quantitative estimate of drug-likeness (QED) is 0.500. The Balaban J connectivity index is 1.72. The van der Waals surface area contributed by atoms with Crippen LogP contribution in [0.2, 0.25) is 0 Å². The topological polar surface area (TPSA) is 42.0 Å². The summed E-state index contributed by atoms with van der Waals surface area (Å²) in [6, 6.07) is 19.4. The van der Waals surface area contributed by atoms with Gasteiger partial charge in [0.2, 0.25) is 0 Å². The van der Waals surface area contributed by atoms with E-state index >= 15 is 0 Å². The highest BCUT2D eigenvalue weighted by Gasteiger charge is 2.07. The molecule has 0 aliphatic heterocycles. The van der Waals surface area contributed by atoms with Crippen molar-refractivity contribution in [2.45, 2.75) is 6.92 Å². The first-order valence-electron chi connectivity index (χ1n) is 8.42. The lowest BCUT2D eigenvalue weighted by Crippen LogP contribution is -2.13. The molecule has 0 bridgehead atoms. The molecular formula is C23H20N2O. The fraction of sp³-hybridized carbons (Fsp3) is 0.0435. The van der Waals surface area contributed by atoms with Crippen molar-refractivity contribution in [3.05, 3.63) is 103 Å². The molecule has 1 N–H and O–H groups in total. The molecule has 3 nitrogen and oxygen atoms in total. The van der Waals surface area contributed by atoms with Crippen molar-refractivity contribution in [2.24, 2.45) is 0 Å². The average molecular weight is 340 g/mol. The second-order valence-corrected chi connectivity index (χ2v) is 5.83. The van der Waals surface area contributed by atoms with Crippen molar-refractivity contribution in [1.82, 2.24) is 4.98 Å². The first-order valence-corrected chi connectivity index (χ1v) is 8.42. The summed E-state index contributed by atoms with van der Waals surface area (Å²) < 4.78 is 0. The van der Waals surface area contributed by atoms with Gasteiger partial charge in [0, 0.05) is 22.8 Å². The minimum atomic E-state index is -0.167. The molecule has 0 saturated heterocycles. The summed E-state index contributed by atoms with van der Waals surface area (Å²) in [6.07, 6.45) is 7.16. The summed E-state index contributed by atoms with van der Waals surface area (Å²) >= 11 is 0. The third kappa shape index (κ3) is 4.14. The number of amides is 1. The van der Waals surface area contributed by atoms with Crippen LogP contribution in [0.3, 0.4) is 0 Å². The van der Waals surface area contributed by atoms with Crippen molar-refractivity contribution in [3.63, 3.8) is 0 Å². The molecular weight excluding hydrogens is 320 g/mol. The SMILES string of the molecule is C=C(/C=C\C(=C/C)C(=O)Nc1ccc2cccnc2c1)c1ccccc1. The Hall–Kier alpha value is -3.46. The van der Waals surface area contributed by atoms with Crippen LogP contribution in [0.25, 0.3) is 16.5 Å². The van der Waals surface area contributed by atoms with E-state index in [2.05, 4.69) is 16.9 Å². The van der Waals surface area contributed by atoms with E-state index in [4.69, 9.17) is 0 Å². The van der Waals surface area contributed by atoms with E-state index in [-0.39, 0.29) is 5.91 Å². The molecule has 1 amide bonds. The Morgan fingerprint density at radius 1 is 1.04 bits per heavy atom. The van der Waals surface area contributed by atoms with Gasteiger partial charge in [0.15, 0.2) is 0 Å². The van der Waals surface area contributed by atoms with Gasteiger partial charge in [0.05, 0.1) is 5.52 Å². The molecule has 0 aliphatic rings. The van der Waals surface area contributed by atoms with Gasteiger partial charge in [-0.25, -0.2) is 0 Å². The van der Waals surface area contributed by atoms with E-state index in [1.54, 1.807) is 18.3 Å². The van der Waals surface area contributed by atoms with E-state index < -0.39 is 0 Å². The van der Waals surface area contributed by atoms with Gasteiger partial charge >= 0.3 is 0 Å². The molecule has 2 aromatic carbocycles. The summed E-state index contributed by atoms with van der Waals surface area (Å²) in [5.74, 6) is -0.167. The number of anilines is 1. The van der Waals surface area contributed by atoms with Crippen LogP contribution in [-0.2, 0) is 4.79 Å². The molecule has 1 aromatic heterocycles. The number of allylic oxidation sites excluding steroid dienone is 3. The monoisotopic (exact) mass is 340 g/mol. The van der Waals surface area contributed by atoms with Gasteiger partial charge < -0.3 is 5.32 Å². The maximum Gasteiger partial charge on any atom is 0.255 e. The number of rotatable bonds is 5. The number of nitrogens with one attached hydrogen (secondary N) is 1. The Kier molecular flexibility index (Phi) is 5.40. The third-order valence-corrected chi connectivity index (χ3v) is 4.05. The van der Waals surface area contributed by atoms with Crippen LogP contribution in [0.1, 0.15) is 12.5 Å². The standard InChI is InChI=1S/C23H20N2O/c1-3-18(12-11-17(2)19-8-5-4-6-9-19)23(26)25-21-14-13-20-10-7-15-24-22(20)16-21/h3-16H,2H2,1H3,(H,25,26)/b12-11-,18-3+. The second-order valence-electron chi connectivity index (χ2n) is 5.83. The predicted octanol–water partition coefficient (Wildman–Crippen LogP) is 5.39. The van der Waals surface area contributed by atoms with E-state index in [0.29, 0.717) is 5.57 Å². The molecule has 0 aliphatic carbocycles. The first kappa shape index (κ1) is 17.4. The van der Waals surface area contributed by atoms with E-state index in [1.807, 2.05) is 73.7 Å². The summed E-state index contributed by atoms with van der Waals surface area (Å²) in [5, 5.41) is 3.96. The van der Waals surface area contributed by atoms with E-state index in [0.717, 1.165) is 27.7 Å². The van der Waals surface area contributed by atoms with Crippen molar-refractivity contribution in [3.8, 4) is 0 Å². The molecule has 0 fully saturated rings. The zero-order chi connectivity index (χ0) is 18.4. The summed E-state index contributed by atoms with van der Waals surface area (Å²) in [4.78, 5) is 16.9. The predicted molar refractivity (Wildman–Crippen MR) is 109 cm³/mol. The highest BCUT2D eigenvalue weighted by molar-refractivity contribution is 6.06. The van der Waals surface area contributed by atoms with Gasteiger partial charge in [-0.3, -0.25) is 9.78 Å². The van der Waals surface area contributed by atoms with Crippen molar-refractivity contribution in [2.75, 3.05) is 5.32 Å². The lowest BCUT2D eigenvalue weighted by atomic mass is 10.1. The lowest BCUT2D eigenvalue weighted by Gasteiger charge is -2.07. The van der Waals surface area contributed by atoms with Gasteiger partial charge in [-0.05, 0) is 42.3 Å². The smallest absolute Gasteiger partial charge is 0.255 e. The molecule has 0 unspecified atom stereocenters. The molecule has 3 aromatic rings. The highest BCUT2D eigenvalue weighted by Crippen LogP contribution is 2.18. The molecule has 3 heteroatoms. The van der Waals surface area contributed by atoms with Crippen LogP contribution in [0.15, 0.2) is 97.2 Å².